The fourth-order valence-corrected chi connectivity index (χ4v) is 0.713. The fraction of sp³-hybridized carbons (Fsp3) is 0.875. The van der Waals surface area contributed by atoms with Crippen molar-refractivity contribution in [2.75, 3.05) is 33.0 Å². The average Bonchev–Trinajstić information content (AvgIpc) is 2.09. The number of hydrogen-bond donors (Lipinski definition) is 2. The zero-order chi connectivity index (χ0) is 9.94. The summed E-state index contributed by atoms with van der Waals surface area (Å²) < 4.78 is 10.3. The van der Waals surface area contributed by atoms with Crippen LogP contribution in [0.3, 0.4) is 0 Å². The topological polar surface area (TPSA) is 73.6 Å². The van der Waals surface area contributed by atoms with Crippen molar-refractivity contribution in [2.45, 2.75) is 13.3 Å². The number of urea groups is 1. The van der Waals surface area contributed by atoms with E-state index in [1.807, 2.05) is 0 Å². The Labute approximate surface area is 78.6 Å². The fourth-order valence-electron chi connectivity index (χ4n) is 0.713. The first-order chi connectivity index (χ1) is 6.27. The summed E-state index contributed by atoms with van der Waals surface area (Å²) in [6.07, 6.45) is 1.02. The Morgan fingerprint density at radius 1 is 1.23 bits per heavy atom. The first-order valence-electron chi connectivity index (χ1n) is 4.46. The molecule has 0 spiro atoms. The van der Waals surface area contributed by atoms with E-state index in [2.05, 4.69) is 12.2 Å². The van der Waals surface area contributed by atoms with Gasteiger partial charge in [-0.15, -0.1) is 0 Å². The molecule has 0 aliphatic heterocycles. The number of ether oxygens (including phenoxy) is 2. The largest absolute Gasteiger partial charge is 0.379 e. The van der Waals surface area contributed by atoms with Crippen LogP contribution in [0.1, 0.15) is 13.3 Å². The molecule has 0 saturated heterocycles. The zero-order valence-corrected chi connectivity index (χ0v) is 8.04. The van der Waals surface area contributed by atoms with Crippen LogP contribution in [0.5, 0.6) is 0 Å². The lowest BCUT2D eigenvalue weighted by atomic mass is 10.5. The van der Waals surface area contributed by atoms with Gasteiger partial charge in [-0.25, -0.2) is 4.79 Å². The second-order valence-electron chi connectivity index (χ2n) is 2.52. The van der Waals surface area contributed by atoms with E-state index >= 15 is 0 Å². The highest BCUT2D eigenvalue weighted by molar-refractivity contribution is 5.71. The smallest absolute Gasteiger partial charge is 0.312 e. The van der Waals surface area contributed by atoms with E-state index in [9.17, 15) is 4.79 Å². The van der Waals surface area contributed by atoms with Crippen molar-refractivity contribution < 1.29 is 14.3 Å². The van der Waals surface area contributed by atoms with E-state index in [1.54, 1.807) is 0 Å². The van der Waals surface area contributed by atoms with Crippen LogP contribution in [-0.2, 0) is 9.47 Å². The highest BCUT2D eigenvalue weighted by Gasteiger charge is 1.91. The first kappa shape index (κ1) is 12.2. The predicted molar refractivity (Wildman–Crippen MR) is 49.5 cm³/mol. The highest BCUT2D eigenvalue weighted by atomic mass is 16.5. The molecule has 0 bridgehead atoms. The molecule has 0 rings (SSSR count). The Morgan fingerprint density at radius 3 is 2.38 bits per heavy atom. The predicted octanol–water partition coefficient (Wildman–Crippen LogP) is 0.0979. The molecule has 0 unspecified atom stereocenters. The Hall–Kier alpha value is -0.810. The summed E-state index contributed by atoms with van der Waals surface area (Å²) in [5, 5.41) is 2.42. The van der Waals surface area contributed by atoms with Crippen LogP contribution in [-0.4, -0.2) is 39.0 Å². The summed E-state index contributed by atoms with van der Waals surface area (Å²) in [7, 11) is 0. The van der Waals surface area contributed by atoms with Gasteiger partial charge in [-0.05, 0) is 6.42 Å². The molecular weight excluding hydrogens is 172 g/mol. The molecular formula is C8H18N2O3. The molecule has 78 valence electrons. The van der Waals surface area contributed by atoms with Crippen LogP contribution < -0.4 is 11.1 Å². The van der Waals surface area contributed by atoms with Gasteiger partial charge in [-0.3, -0.25) is 0 Å². The van der Waals surface area contributed by atoms with Crippen LogP contribution in [0.25, 0.3) is 0 Å². The molecule has 0 aliphatic carbocycles. The zero-order valence-electron chi connectivity index (χ0n) is 8.04. The molecule has 0 atom stereocenters. The minimum atomic E-state index is -0.522. The van der Waals surface area contributed by atoms with Gasteiger partial charge in [0, 0.05) is 13.2 Å². The van der Waals surface area contributed by atoms with E-state index in [0.717, 1.165) is 13.0 Å². The van der Waals surface area contributed by atoms with Crippen LogP contribution >= 0.6 is 0 Å². The normalized spacial score (nSPS) is 9.92. The van der Waals surface area contributed by atoms with Crippen molar-refractivity contribution in [2.24, 2.45) is 5.73 Å². The van der Waals surface area contributed by atoms with E-state index in [0.29, 0.717) is 26.4 Å². The Morgan fingerprint density at radius 2 is 1.85 bits per heavy atom. The van der Waals surface area contributed by atoms with Crippen molar-refractivity contribution in [1.29, 1.82) is 0 Å². The van der Waals surface area contributed by atoms with E-state index < -0.39 is 6.03 Å². The number of nitrogens with two attached hydrogens (primary N) is 1. The van der Waals surface area contributed by atoms with Gasteiger partial charge in [0.05, 0.1) is 19.8 Å². The minimum Gasteiger partial charge on any atom is -0.379 e. The number of primary amides is 1. The molecule has 0 heterocycles. The van der Waals surface area contributed by atoms with Gasteiger partial charge in [-0.1, -0.05) is 6.92 Å². The van der Waals surface area contributed by atoms with E-state index in [1.165, 1.54) is 0 Å². The Bertz CT molecular complexity index is 131. The van der Waals surface area contributed by atoms with Crippen molar-refractivity contribution in [3.05, 3.63) is 0 Å². The van der Waals surface area contributed by atoms with Crippen LogP contribution in [0.15, 0.2) is 0 Å². The lowest BCUT2D eigenvalue weighted by molar-refractivity contribution is 0.0497. The number of carbonyl (C=O) groups excluding carboxylic acids is 1. The average molecular weight is 190 g/mol. The molecule has 0 fully saturated rings. The van der Waals surface area contributed by atoms with Gasteiger partial charge < -0.3 is 20.5 Å². The molecule has 0 aromatic carbocycles. The van der Waals surface area contributed by atoms with Crippen molar-refractivity contribution in [1.82, 2.24) is 5.32 Å². The van der Waals surface area contributed by atoms with Gasteiger partial charge >= 0.3 is 6.03 Å². The second-order valence-corrected chi connectivity index (χ2v) is 2.52. The molecule has 0 aliphatic rings. The lowest BCUT2D eigenvalue weighted by Gasteiger charge is -2.04. The molecule has 5 heteroatoms. The minimum absolute atomic E-state index is 0.448. The third-order valence-electron chi connectivity index (χ3n) is 1.27. The Kier molecular flexibility index (Phi) is 8.70. The first-order valence-corrected chi connectivity index (χ1v) is 4.46. The second kappa shape index (κ2) is 9.28. The van der Waals surface area contributed by atoms with E-state index in [4.69, 9.17) is 15.2 Å². The molecule has 0 aromatic heterocycles. The highest BCUT2D eigenvalue weighted by Crippen LogP contribution is 1.81. The summed E-state index contributed by atoms with van der Waals surface area (Å²) in [5.41, 5.74) is 4.84. The molecule has 0 radical (unpaired) electrons. The molecule has 0 aromatic rings. The number of nitrogens with one attached hydrogen (secondary N) is 1. The molecule has 3 N–H and O–H groups in total. The molecule has 0 saturated carbocycles. The van der Waals surface area contributed by atoms with Gasteiger partial charge in [0.1, 0.15) is 0 Å². The summed E-state index contributed by atoms with van der Waals surface area (Å²) >= 11 is 0. The van der Waals surface area contributed by atoms with E-state index in [-0.39, 0.29) is 0 Å². The SMILES string of the molecule is CCCOCCOCCNC(N)=O. The monoisotopic (exact) mass is 190 g/mol. The number of carbonyl (C=O) groups is 1. The maximum Gasteiger partial charge on any atom is 0.312 e. The maximum atomic E-state index is 10.2. The third kappa shape index (κ3) is 11.2. The number of rotatable bonds is 8. The Balaban J connectivity index is 2.87. The van der Waals surface area contributed by atoms with Crippen molar-refractivity contribution in [3.8, 4) is 0 Å². The van der Waals surface area contributed by atoms with Crippen LogP contribution in [0.2, 0.25) is 0 Å². The number of hydrogen-bond acceptors (Lipinski definition) is 3. The standard InChI is InChI=1S/C8H18N2O3/c1-2-4-12-6-7-13-5-3-10-8(9)11/h2-7H2,1H3,(H3,9,10,11). The van der Waals surface area contributed by atoms with Crippen molar-refractivity contribution in [3.63, 3.8) is 0 Å². The van der Waals surface area contributed by atoms with Crippen LogP contribution in [0, 0.1) is 0 Å². The summed E-state index contributed by atoms with van der Waals surface area (Å²) in [4.78, 5) is 10.2. The summed E-state index contributed by atoms with van der Waals surface area (Å²) in [5.74, 6) is 0. The summed E-state index contributed by atoms with van der Waals surface area (Å²) in [6, 6.07) is -0.522. The summed E-state index contributed by atoms with van der Waals surface area (Å²) in [6.45, 7) is 4.90. The lowest BCUT2D eigenvalue weighted by Crippen LogP contribution is -2.32. The van der Waals surface area contributed by atoms with Gasteiger partial charge in [0.15, 0.2) is 0 Å². The van der Waals surface area contributed by atoms with Gasteiger partial charge in [0.25, 0.3) is 0 Å². The van der Waals surface area contributed by atoms with Crippen molar-refractivity contribution >= 4 is 6.03 Å². The van der Waals surface area contributed by atoms with Gasteiger partial charge in [-0.2, -0.15) is 0 Å². The molecule has 2 amide bonds. The number of amides is 2. The third-order valence-corrected chi connectivity index (χ3v) is 1.27. The van der Waals surface area contributed by atoms with Crippen LogP contribution in [0.4, 0.5) is 4.79 Å². The van der Waals surface area contributed by atoms with Gasteiger partial charge in [0.2, 0.25) is 0 Å². The maximum absolute atomic E-state index is 10.2. The molecule has 13 heavy (non-hydrogen) atoms. The molecule has 5 nitrogen and oxygen atoms in total. The quantitative estimate of drug-likeness (QED) is 0.533.